The Morgan fingerprint density at radius 2 is 1.96 bits per heavy atom. The van der Waals surface area contributed by atoms with E-state index in [-0.39, 0.29) is 0 Å². The van der Waals surface area contributed by atoms with Gasteiger partial charge >= 0.3 is 17.7 Å². The maximum absolute atomic E-state index is 12.6. The third-order valence-electron chi connectivity index (χ3n) is 4.69. The summed E-state index contributed by atoms with van der Waals surface area (Å²) in [5, 5.41) is 0. The molecule has 0 N–H and O–H groups in total. The number of ether oxygens (including phenoxy) is 5. The van der Waals surface area contributed by atoms with E-state index in [2.05, 4.69) is 15.9 Å². The predicted molar refractivity (Wildman–Crippen MR) is 86.7 cm³/mol. The van der Waals surface area contributed by atoms with Crippen molar-refractivity contribution in [2.24, 2.45) is 11.8 Å². The van der Waals surface area contributed by atoms with Gasteiger partial charge in [-0.2, -0.15) is 0 Å². The van der Waals surface area contributed by atoms with E-state index in [1.54, 1.807) is 6.08 Å². The molecule has 2 saturated heterocycles. The van der Waals surface area contributed by atoms with Crippen LogP contribution >= 0.6 is 15.9 Å². The molecule has 0 unspecified atom stereocenters. The van der Waals surface area contributed by atoms with E-state index >= 15 is 0 Å². The van der Waals surface area contributed by atoms with E-state index in [4.69, 9.17) is 23.7 Å². The minimum absolute atomic E-state index is 0.355. The second-order valence-corrected chi connectivity index (χ2v) is 6.89. The maximum atomic E-state index is 12.6. The Morgan fingerprint density at radius 3 is 2.60 bits per heavy atom. The van der Waals surface area contributed by atoms with Gasteiger partial charge in [-0.15, -0.1) is 0 Å². The zero-order valence-corrected chi connectivity index (χ0v) is 15.0. The monoisotopic (exact) mass is 410 g/mol. The number of halogens is 1. The van der Waals surface area contributed by atoms with E-state index in [1.807, 2.05) is 24.3 Å². The van der Waals surface area contributed by atoms with Crippen LogP contribution in [0.2, 0.25) is 0 Å². The summed E-state index contributed by atoms with van der Waals surface area (Å²) in [7, 11) is 2.65. The molecule has 2 fully saturated rings. The van der Waals surface area contributed by atoms with Crippen molar-refractivity contribution >= 4 is 33.6 Å². The lowest BCUT2D eigenvalue weighted by Gasteiger charge is -2.36. The molecule has 0 spiro atoms. The summed E-state index contributed by atoms with van der Waals surface area (Å²) in [6.45, 7) is 0. The van der Waals surface area contributed by atoms with Crippen LogP contribution < -0.4 is 0 Å². The second kappa shape index (κ2) is 5.82. The summed E-state index contributed by atoms with van der Waals surface area (Å²) in [6, 6.07) is 7.28. The number of hydrogen-bond donors (Lipinski definition) is 0. The quantitative estimate of drug-likeness (QED) is 0.703. The van der Waals surface area contributed by atoms with E-state index in [1.165, 1.54) is 14.2 Å². The Balaban J connectivity index is 1.82. The Kier molecular flexibility index (Phi) is 3.86. The van der Waals surface area contributed by atoms with Crippen LogP contribution in [0.1, 0.15) is 5.56 Å². The first-order valence-corrected chi connectivity index (χ1v) is 8.46. The minimum Gasteiger partial charge on any atom is -0.464 e. The molecular weight excluding hydrogens is 396 g/mol. The standard InChI is InChI=1S/C17H15BrO7/c1-21-15-13-12-10(14(19)23-13)7-11(8-3-5-9(18)6-4-8)24-17(12,25-15)16(20)22-2/h3-7,10,12-13,15H,1-2H3/t10-,12+,13-,15-,17+/m1/s1. The van der Waals surface area contributed by atoms with Crippen LogP contribution in [0.4, 0.5) is 0 Å². The Labute approximate surface area is 151 Å². The molecule has 5 atom stereocenters. The number of methoxy groups -OCH3 is 2. The molecule has 1 aromatic rings. The van der Waals surface area contributed by atoms with Crippen molar-refractivity contribution in [3.05, 3.63) is 40.4 Å². The maximum Gasteiger partial charge on any atom is 0.380 e. The van der Waals surface area contributed by atoms with E-state index in [0.717, 1.165) is 4.47 Å². The lowest BCUT2D eigenvalue weighted by atomic mass is 9.81. The van der Waals surface area contributed by atoms with E-state index < -0.39 is 42.0 Å². The van der Waals surface area contributed by atoms with Crippen molar-refractivity contribution < 1.29 is 33.3 Å². The van der Waals surface area contributed by atoms with Gasteiger partial charge in [-0.05, 0) is 18.2 Å². The Morgan fingerprint density at radius 1 is 1.24 bits per heavy atom. The van der Waals surface area contributed by atoms with Gasteiger partial charge in [0.05, 0.1) is 18.9 Å². The molecule has 7 nitrogen and oxygen atoms in total. The number of hydrogen-bond acceptors (Lipinski definition) is 7. The van der Waals surface area contributed by atoms with E-state index in [9.17, 15) is 9.59 Å². The number of carbonyl (C=O) groups is 2. The van der Waals surface area contributed by atoms with E-state index in [0.29, 0.717) is 11.3 Å². The van der Waals surface area contributed by atoms with Crippen molar-refractivity contribution in [3.8, 4) is 0 Å². The van der Waals surface area contributed by atoms with Crippen LogP contribution in [0.15, 0.2) is 34.8 Å². The van der Waals surface area contributed by atoms with Gasteiger partial charge in [-0.25, -0.2) is 4.79 Å². The molecule has 0 aliphatic carbocycles. The van der Waals surface area contributed by atoms with Crippen LogP contribution in [0.3, 0.4) is 0 Å². The van der Waals surface area contributed by atoms with Crippen molar-refractivity contribution in [2.75, 3.05) is 14.2 Å². The highest BCUT2D eigenvalue weighted by Gasteiger charge is 2.72. The number of esters is 2. The highest BCUT2D eigenvalue weighted by atomic mass is 79.9. The second-order valence-electron chi connectivity index (χ2n) is 5.97. The van der Waals surface area contributed by atoms with Gasteiger partial charge in [0.2, 0.25) is 0 Å². The smallest absolute Gasteiger partial charge is 0.380 e. The van der Waals surface area contributed by atoms with Crippen LogP contribution in [0.5, 0.6) is 0 Å². The van der Waals surface area contributed by atoms with Gasteiger partial charge in [-0.1, -0.05) is 28.1 Å². The van der Waals surface area contributed by atoms with Crippen molar-refractivity contribution in [3.63, 3.8) is 0 Å². The van der Waals surface area contributed by atoms with Crippen LogP contribution in [-0.4, -0.2) is 44.3 Å². The molecule has 4 rings (SSSR count). The lowest BCUT2D eigenvalue weighted by molar-refractivity contribution is -0.265. The number of carbonyl (C=O) groups excluding carboxylic acids is 2. The summed E-state index contributed by atoms with van der Waals surface area (Å²) < 4.78 is 28.2. The summed E-state index contributed by atoms with van der Waals surface area (Å²) in [4.78, 5) is 24.9. The number of rotatable bonds is 3. The van der Waals surface area contributed by atoms with Gasteiger partial charge in [0.15, 0.2) is 12.4 Å². The lowest BCUT2D eigenvalue weighted by Crippen LogP contribution is -2.52. The van der Waals surface area contributed by atoms with Crippen molar-refractivity contribution in [2.45, 2.75) is 18.2 Å². The van der Waals surface area contributed by atoms with Crippen LogP contribution in [-0.2, 0) is 33.3 Å². The summed E-state index contributed by atoms with van der Waals surface area (Å²) in [6.07, 6.45) is 0.0266. The Hall–Kier alpha value is -1.90. The third kappa shape index (κ3) is 2.32. The summed E-state index contributed by atoms with van der Waals surface area (Å²) in [5.41, 5.74) is 0.700. The van der Waals surface area contributed by atoms with Gasteiger partial charge in [0.25, 0.3) is 0 Å². The molecule has 3 aliphatic rings. The van der Waals surface area contributed by atoms with Crippen molar-refractivity contribution in [1.82, 2.24) is 0 Å². The molecule has 0 amide bonds. The van der Waals surface area contributed by atoms with Crippen molar-refractivity contribution in [1.29, 1.82) is 0 Å². The fourth-order valence-electron chi connectivity index (χ4n) is 3.58. The van der Waals surface area contributed by atoms with Gasteiger partial charge in [-0.3, -0.25) is 9.53 Å². The fourth-order valence-corrected chi connectivity index (χ4v) is 3.84. The molecule has 0 bridgehead atoms. The first-order valence-electron chi connectivity index (χ1n) is 7.66. The zero-order valence-electron chi connectivity index (χ0n) is 13.4. The molecule has 0 aromatic heterocycles. The molecule has 8 heteroatoms. The SMILES string of the molecule is COC(=O)[C@@]12OC(c3ccc(Br)cc3)=C[C@H]3C(=O)O[C@@H]([C@H](OC)O1)[C@H]32. The molecule has 0 saturated carbocycles. The first-order chi connectivity index (χ1) is 12.0. The third-order valence-corrected chi connectivity index (χ3v) is 5.22. The molecule has 1 aromatic carbocycles. The van der Waals surface area contributed by atoms with Crippen LogP contribution in [0.25, 0.3) is 5.76 Å². The average Bonchev–Trinajstić information content (AvgIpc) is 3.13. The highest BCUT2D eigenvalue weighted by molar-refractivity contribution is 9.10. The average molecular weight is 411 g/mol. The molecule has 3 heterocycles. The van der Waals surface area contributed by atoms with Gasteiger partial charge in [0, 0.05) is 17.1 Å². The molecule has 0 radical (unpaired) electrons. The predicted octanol–water partition coefficient (Wildman–Crippen LogP) is 1.85. The topological polar surface area (TPSA) is 80.3 Å². The normalized spacial score (nSPS) is 35.5. The van der Waals surface area contributed by atoms with Gasteiger partial charge in [0.1, 0.15) is 5.76 Å². The van der Waals surface area contributed by atoms with Crippen LogP contribution in [0, 0.1) is 11.8 Å². The highest BCUT2D eigenvalue weighted by Crippen LogP contribution is 2.54. The molecule has 3 aliphatic heterocycles. The zero-order chi connectivity index (χ0) is 17.8. The largest absolute Gasteiger partial charge is 0.464 e. The fraction of sp³-hybridized carbons (Fsp3) is 0.412. The first kappa shape index (κ1) is 16.6. The summed E-state index contributed by atoms with van der Waals surface area (Å²) in [5.74, 6) is -3.95. The van der Waals surface area contributed by atoms with Gasteiger partial charge < -0.3 is 18.9 Å². The molecular formula is C17H15BrO7. The minimum atomic E-state index is -1.78. The summed E-state index contributed by atoms with van der Waals surface area (Å²) >= 11 is 3.37. The molecule has 25 heavy (non-hydrogen) atoms. The Bertz CT molecular complexity index is 759. The number of benzene rings is 1. The molecule has 132 valence electrons.